The van der Waals surface area contributed by atoms with Gasteiger partial charge in [0.05, 0.1) is 13.2 Å². The molecular formula is C10H19NO3. The van der Waals surface area contributed by atoms with Gasteiger partial charge in [-0.05, 0) is 31.7 Å². The first-order chi connectivity index (χ1) is 6.83. The van der Waals surface area contributed by atoms with Gasteiger partial charge >= 0.3 is 5.97 Å². The van der Waals surface area contributed by atoms with E-state index in [9.17, 15) is 4.79 Å². The minimum absolute atomic E-state index is 0.241. The summed E-state index contributed by atoms with van der Waals surface area (Å²) < 4.78 is 0. The van der Waals surface area contributed by atoms with E-state index >= 15 is 0 Å². The zero-order chi connectivity index (χ0) is 10.2. The monoisotopic (exact) mass is 201 g/mol. The van der Waals surface area contributed by atoms with Gasteiger partial charge in [0.1, 0.15) is 0 Å². The van der Waals surface area contributed by atoms with E-state index in [1.165, 1.54) is 12.8 Å². The van der Waals surface area contributed by atoms with Gasteiger partial charge in [-0.2, -0.15) is 4.89 Å². The molecule has 0 bridgehead atoms. The van der Waals surface area contributed by atoms with Crippen molar-refractivity contribution in [3.8, 4) is 0 Å². The lowest BCUT2D eigenvalue weighted by atomic mass is 10.3. The average molecular weight is 201 g/mol. The molecule has 0 amide bonds. The van der Waals surface area contributed by atoms with E-state index in [1.807, 2.05) is 0 Å². The Kier molecular flexibility index (Phi) is 5.56. The highest BCUT2D eigenvalue weighted by Crippen LogP contribution is 2.28. The largest absolute Gasteiger partial charge is 0.355 e. The highest BCUT2D eigenvalue weighted by molar-refractivity contribution is 5.70. The molecule has 82 valence electrons. The van der Waals surface area contributed by atoms with Gasteiger partial charge < -0.3 is 5.32 Å². The van der Waals surface area contributed by atoms with Gasteiger partial charge in [-0.3, -0.25) is 4.89 Å². The Labute approximate surface area is 84.9 Å². The van der Waals surface area contributed by atoms with Crippen LogP contribution in [0, 0.1) is 5.92 Å². The van der Waals surface area contributed by atoms with Crippen molar-refractivity contribution in [2.75, 3.05) is 19.7 Å². The number of nitrogens with one attached hydrogen (secondary N) is 1. The van der Waals surface area contributed by atoms with Crippen LogP contribution in [0.3, 0.4) is 0 Å². The molecule has 4 nitrogen and oxygen atoms in total. The van der Waals surface area contributed by atoms with Gasteiger partial charge in [0.2, 0.25) is 0 Å². The maximum Gasteiger partial charge on any atom is 0.355 e. The van der Waals surface area contributed by atoms with E-state index in [0.717, 1.165) is 19.4 Å². The third kappa shape index (κ3) is 5.94. The van der Waals surface area contributed by atoms with Crippen molar-refractivity contribution in [3.63, 3.8) is 0 Å². The Morgan fingerprint density at radius 3 is 2.93 bits per heavy atom. The van der Waals surface area contributed by atoms with E-state index in [4.69, 9.17) is 4.89 Å². The van der Waals surface area contributed by atoms with Gasteiger partial charge in [0, 0.05) is 0 Å². The van der Waals surface area contributed by atoms with Crippen molar-refractivity contribution < 1.29 is 14.6 Å². The molecule has 0 aromatic carbocycles. The lowest BCUT2D eigenvalue weighted by molar-refractivity contribution is -0.273. The molecule has 0 aliphatic heterocycles. The Morgan fingerprint density at radius 2 is 2.29 bits per heavy atom. The van der Waals surface area contributed by atoms with E-state index < -0.39 is 0 Å². The molecule has 1 aliphatic carbocycles. The molecule has 0 aromatic rings. The lowest BCUT2D eigenvalue weighted by Crippen LogP contribution is -2.25. The Balaban J connectivity index is 1.82. The summed E-state index contributed by atoms with van der Waals surface area (Å²) in [5.74, 6) is 0.289. The molecule has 1 rings (SSSR count). The third-order valence-corrected chi connectivity index (χ3v) is 2.13. The van der Waals surface area contributed by atoms with E-state index in [0.29, 0.717) is 12.5 Å². The number of hydrogen-bond acceptors (Lipinski definition) is 4. The molecule has 0 radical (unpaired) electrons. The van der Waals surface area contributed by atoms with Gasteiger partial charge in [-0.25, -0.2) is 4.79 Å². The van der Waals surface area contributed by atoms with Gasteiger partial charge in [0.25, 0.3) is 0 Å². The molecule has 0 spiro atoms. The smallest absolute Gasteiger partial charge is 0.307 e. The molecule has 0 atom stereocenters. The highest BCUT2D eigenvalue weighted by atomic mass is 17.2. The summed E-state index contributed by atoms with van der Waals surface area (Å²) in [7, 11) is 0. The lowest BCUT2D eigenvalue weighted by Gasteiger charge is -2.03. The van der Waals surface area contributed by atoms with Crippen molar-refractivity contribution in [2.45, 2.75) is 32.6 Å². The van der Waals surface area contributed by atoms with Gasteiger partial charge in [-0.15, -0.1) is 0 Å². The normalized spacial score (nSPS) is 15.5. The van der Waals surface area contributed by atoms with Crippen LogP contribution in [0.25, 0.3) is 0 Å². The second-order valence-corrected chi connectivity index (χ2v) is 3.71. The molecule has 1 N–H and O–H groups in total. The molecule has 1 saturated carbocycles. The molecular weight excluding hydrogens is 182 g/mol. The van der Waals surface area contributed by atoms with Crippen LogP contribution in [0.5, 0.6) is 0 Å². The second-order valence-electron chi connectivity index (χ2n) is 3.71. The standard InChI is InChI=1S/C10H19NO3/c1-2-3-6-11-7-10(12)14-13-8-9-4-5-9/h9,11H,2-8H2,1H3. The quantitative estimate of drug-likeness (QED) is 0.365. The van der Waals surface area contributed by atoms with Crippen LogP contribution >= 0.6 is 0 Å². The fourth-order valence-corrected chi connectivity index (χ4v) is 1.00. The first-order valence-electron chi connectivity index (χ1n) is 5.36. The van der Waals surface area contributed by atoms with Crippen LogP contribution in [-0.2, 0) is 14.6 Å². The van der Waals surface area contributed by atoms with Crippen LogP contribution in [0.1, 0.15) is 32.6 Å². The molecule has 1 aliphatic rings. The van der Waals surface area contributed by atoms with Crippen LogP contribution in [0.15, 0.2) is 0 Å². The number of carbonyl (C=O) groups is 1. The van der Waals surface area contributed by atoms with Crippen molar-refractivity contribution in [2.24, 2.45) is 5.92 Å². The topological polar surface area (TPSA) is 47.6 Å². The molecule has 14 heavy (non-hydrogen) atoms. The van der Waals surface area contributed by atoms with Crippen LogP contribution in [0.4, 0.5) is 0 Å². The van der Waals surface area contributed by atoms with E-state index in [2.05, 4.69) is 17.1 Å². The summed E-state index contributed by atoms with van der Waals surface area (Å²) in [6.07, 6.45) is 4.61. The third-order valence-electron chi connectivity index (χ3n) is 2.13. The number of unbranched alkanes of at least 4 members (excludes halogenated alkanes) is 1. The molecule has 1 fully saturated rings. The van der Waals surface area contributed by atoms with Gasteiger partial charge in [0.15, 0.2) is 0 Å². The zero-order valence-electron chi connectivity index (χ0n) is 8.75. The fourth-order valence-electron chi connectivity index (χ4n) is 1.00. The second kappa shape index (κ2) is 6.79. The maximum atomic E-state index is 11.0. The highest BCUT2D eigenvalue weighted by Gasteiger charge is 2.22. The van der Waals surface area contributed by atoms with Crippen molar-refractivity contribution in [3.05, 3.63) is 0 Å². The molecule has 0 heterocycles. The summed E-state index contributed by atoms with van der Waals surface area (Å²) in [6, 6.07) is 0. The Hall–Kier alpha value is -0.610. The van der Waals surface area contributed by atoms with Crippen molar-refractivity contribution >= 4 is 5.97 Å². The van der Waals surface area contributed by atoms with E-state index in [1.54, 1.807) is 0 Å². The first kappa shape index (κ1) is 11.5. The predicted molar refractivity (Wildman–Crippen MR) is 52.5 cm³/mol. The predicted octanol–water partition coefficient (Wildman–Crippen LogP) is 1.26. The number of carbonyl (C=O) groups excluding carboxylic acids is 1. The summed E-state index contributed by atoms with van der Waals surface area (Å²) in [5.41, 5.74) is 0. The Morgan fingerprint density at radius 1 is 1.50 bits per heavy atom. The first-order valence-corrected chi connectivity index (χ1v) is 5.36. The van der Waals surface area contributed by atoms with Crippen LogP contribution in [0.2, 0.25) is 0 Å². The van der Waals surface area contributed by atoms with Crippen LogP contribution < -0.4 is 5.32 Å². The number of hydrogen-bond donors (Lipinski definition) is 1. The van der Waals surface area contributed by atoms with Gasteiger partial charge in [-0.1, -0.05) is 13.3 Å². The molecule has 0 aromatic heterocycles. The summed E-state index contributed by atoms with van der Waals surface area (Å²) >= 11 is 0. The summed E-state index contributed by atoms with van der Waals surface area (Å²) in [5, 5.41) is 2.99. The Bertz CT molecular complexity index is 169. The minimum atomic E-state index is -0.332. The minimum Gasteiger partial charge on any atom is -0.307 e. The van der Waals surface area contributed by atoms with E-state index in [-0.39, 0.29) is 12.5 Å². The molecule has 0 saturated heterocycles. The van der Waals surface area contributed by atoms with Crippen molar-refractivity contribution in [1.82, 2.24) is 5.32 Å². The summed E-state index contributed by atoms with van der Waals surface area (Å²) in [4.78, 5) is 20.4. The fraction of sp³-hybridized carbons (Fsp3) is 0.900. The molecule has 4 heteroatoms. The zero-order valence-corrected chi connectivity index (χ0v) is 8.75. The maximum absolute atomic E-state index is 11.0. The SMILES string of the molecule is CCCCNCC(=O)OOCC1CC1. The number of rotatable bonds is 8. The van der Waals surface area contributed by atoms with Crippen molar-refractivity contribution in [1.29, 1.82) is 0 Å². The average Bonchev–Trinajstić information content (AvgIpc) is 2.96. The van der Waals surface area contributed by atoms with Crippen LogP contribution in [-0.4, -0.2) is 25.7 Å². The summed E-state index contributed by atoms with van der Waals surface area (Å²) in [6.45, 7) is 3.76. The molecule has 0 unspecified atom stereocenters.